The average molecular weight is 339 g/mol. The number of benzene rings is 1. The van der Waals surface area contributed by atoms with Crippen LogP contribution in [0.4, 0.5) is 5.69 Å². The highest BCUT2D eigenvalue weighted by atomic mass is 32.2. The molecule has 8 heteroatoms. The second-order valence-corrected chi connectivity index (χ2v) is 7.78. The fraction of sp³-hybridized carbons (Fsp3) is 0.429. The van der Waals surface area contributed by atoms with Crippen molar-refractivity contribution in [3.8, 4) is 0 Å². The van der Waals surface area contributed by atoms with Crippen molar-refractivity contribution >= 4 is 38.9 Å². The van der Waals surface area contributed by atoms with Crippen LogP contribution in [0.2, 0.25) is 0 Å². The number of sulfonamides is 1. The maximum atomic E-state index is 12.6. The Balaban J connectivity index is 1.97. The molecular formula is C14H17N3O3S2. The topological polar surface area (TPSA) is 69.7 Å². The molecule has 1 atom stereocenters. The van der Waals surface area contributed by atoms with Gasteiger partial charge >= 0.3 is 0 Å². The van der Waals surface area contributed by atoms with Gasteiger partial charge in [-0.05, 0) is 50.2 Å². The van der Waals surface area contributed by atoms with Crippen molar-refractivity contribution in [1.82, 2.24) is 9.62 Å². The second-order valence-electron chi connectivity index (χ2n) is 5.45. The molecule has 0 radical (unpaired) electrons. The van der Waals surface area contributed by atoms with Crippen LogP contribution in [0.3, 0.4) is 0 Å². The summed E-state index contributed by atoms with van der Waals surface area (Å²) in [5.74, 6) is -0.180. The first-order valence-electron chi connectivity index (χ1n) is 7.16. The molecule has 0 saturated carbocycles. The number of amides is 1. The Kier molecular flexibility index (Phi) is 3.92. The quantitative estimate of drug-likeness (QED) is 0.835. The number of carbonyl (C=O) groups is 1. The van der Waals surface area contributed by atoms with Crippen LogP contribution in [0.5, 0.6) is 0 Å². The zero-order chi connectivity index (χ0) is 15.9. The molecule has 0 aliphatic carbocycles. The van der Waals surface area contributed by atoms with E-state index in [-0.39, 0.29) is 10.8 Å². The molecule has 0 spiro atoms. The molecule has 1 aromatic rings. The maximum absolute atomic E-state index is 12.6. The number of nitrogens with one attached hydrogen (secondary N) is 1. The minimum absolute atomic E-state index is 0.180. The maximum Gasteiger partial charge on any atom is 0.255 e. The lowest BCUT2D eigenvalue weighted by Crippen LogP contribution is -2.31. The van der Waals surface area contributed by atoms with Crippen molar-refractivity contribution < 1.29 is 13.2 Å². The van der Waals surface area contributed by atoms with Gasteiger partial charge in [0.2, 0.25) is 10.0 Å². The Hall–Kier alpha value is -1.51. The SMILES string of the molecule is CC1NC(=S)N(c2cccc(S(=O)(=O)N3CCCC3)c2)C1=O. The van der Waals surface area contributed by atoms with E-state index in [2.05, 4.69) is 5.32 Å². The van der Waals surface area contributed by atoms with E-state index in [1.54, 1.807) is 25.1 Å². The minimum atomic E-state index is -3.51. The molecular weight excluding hydrogens is 322 g/mol. The van der Waals surface area contributed by atoms with Gasteiger partial charge in [-0.15, -0.1) is 0 Å². The fourth-order valence-corrected chi connectivity index (χ4v) is 4.64. The van der Waals surface area contributed by atoms with Crippen LogP contribution in [0.15, 0.2) is 29.2 Å². The van der Waals surface area contributed by atoms with E-state index in [0.717, 1.165) is 12.8 Å². The lowest BCUT2D eigenvalue weighted by molar-refractivity contribution is -0.117. The molecule has 2 heterocycles. The Labute approximate surface area is 135 Å². The fourth-order valence-electron chi connectivity index (χ4n) is 2.71. The molecule has 1 unspecified atom stereocenters. The number of hydrogen-bond donors (Lipinski definition) is 1. The van der Waals surface area contributed by atoms with Crippen LogP contribution >= 0.6 is 12.2 Å². The summed E-state index contributed by atoms with van der Waals surface area (Å²) in [6.45, 7) is 2.82. The van der Waals surface area contributed by atoms with Gasteiger partial charge in [-0.1, -0.05) is 6.07 Å². The van der Waals surface area contributed by atoms with Gasteiger partial charge in [0, 0.05) is 13.1 Å². The highest BCUT2D eigenvalue weighted by molar-refractivity contribution is 7.89. The number of rotatable bonds is 3. The molecule has 2 fully saturated rings. The molecule has 6 nitrogen and oxygen atoms in total. The van der Waals surface area contributed by atoms with Crippen molar-refractivity contribution in [2.24, 2.45) is 0 Å². The molecule has 22 heavy (non-hydrogen) atoms. The summed E-state index contributed by atoms with van der Waals surface area (Å²) in [5, 5.41) is 3.18. The summed E-state index contributed by atoms with van der Waals surface area (Å²) in [6, 6.07) is 5.99. The third-order valence-electron chi connectivity index (χ3n) is 3.91. The Morgan fingerprint density at radius 2 is 1.95 bits per heavy atom. The number of thiocarbonyl (C=S) groups is 1. The van der Waals surface area contributed by atoms with E-state index < -0.39 is 16.1 Å². The summed E-state index contributed by atoms with van der Waals surface area (Å²) < 4.78 is 26.7. The van der Waals surface area contributed by atoms with E-state index in [1.807, 2.05) is 0 Å². The lowest BCUT2D eigenvalue weighted by Gasteiger charge is -2.19. The zero-order valence-corrected chi connectivity index (χ0v) is 13.8. The van der Waals surface area contributed by atoms with E-state index in [9.17, 15) is 13.2 Å². The van der Waals surface area contributed by atoms with Gasteiger partial charge in [-0.25, -0.2) is 8.42 Å². The number of nitrogens with zero attached hydrogens (tertiary/aromatic N) is 2. The predicted octanol–water partition coefficient (Wildman–Crippen LogP) is 1.08. The number of anilines is 1. The van der Waals surface area contributed by atoms with Gasteiger partial charge in [0.25, 0.3) is 5.91 Å². The van der Waals surface area contributed by atoms with Gasteiger partial charge in [0.1, 0.15) is 6.04 Å². The van der Waals surface area contributed by atoms with Gasteiger partial charge in [-0.2, -0.15) is 4.31 Å². The molecule has 1 N–H and O–H groups in total. The smallest absolute Gasteiger partial charge is 0.255 e. The normalized spacial score (nSPS) is 23.1. The predicted molar refractivity (Wildman–Crippen MR) is 87.1 cm³/mol. The molecule has 2 aliphatic heterocycles. The van der Waals surface area contributed by atoms with Gasteiger partial charge in [0.05, 0.1) is 10.6 Å². The Bertz CT molecular complexity index is 727. The van der Waals surface area contributed by atoms with E-state index in [1.165, 1.54) is 15.3 Å². The molecule has 0 bridgehead atoms. The van der Waals surface area contributed by atoms with Gasteiger partial charge in [-0.3, -0.25) is 9.69 Å². The second kappa shape index (κ2) is 5.60. The first-order valence-corrected chi connectivity index (χ1v) is 9.01. The molecule has 1 aromatic carbocycles. The monoisotopic (exact) mass is 339 g/mol. The zero-order valence-electron chi connectivity index (χ0n) is 12.2. The van der Waals surface area contributed by atoms with E-state index in [4.69, 9.17) is 12.2 Å². The first kappa shape index (κ1) is 15.4. The van der Waals surface area contributed by atoms with Crippen LogP contribution in [-0.2, 0) is 14.8 Å². The van der Waals surface area contributed by atoms with Crippen molar-refractivity contribution in [3.63, 3.8) is 0 Å². The molecule has 2 saturated heterocycles. The van der Waals surface area contributed by atoms with Crippen LogP contribution < -0.4 is 10.2 Å². The third kappa shape index (κ3) is 2.51. The Morgan fingerprint density at radius 3 is 2.55 bits per heavy atom. The summed E-state index contributed by atoms with van der Waals surface area (Å²) in [6.07, 6.45) is 1.77. The van der Waals surface area contributed by atoms with Crippen molar-refractivity contribution in [3.05, 3.63) is 24.3 Å². The minimum Gasteiger partial charge on any atom is -0.350 e. The molecule has 3 rings (SSSR count). The highest BCUT2D eigenvalue weighted by Gasteiger charge is 2.34. The van der Waals surface area contributed by atoms with Crippen molar-refractivity contribution in [1.29, 1.82) is 0 Å². The lowest BCUT2D eigenvalue weighted by atomic mass is 10.2. The van der Waals surface area contributed by atoms with E-state index >= 15 is 0 Å². The summed E-state index contributed by atoms with van der Waals surface area (Å²) in [4.78, 5) is 13.7. The van der Waals surface area contributed by atoms with Crippen LogP contribution in [0, 0.1) is 0 Å². The molecule has 2 aliphatic rings. The summed E-state index contributed by atoms with van der Waals surface area (Å²) in [7, 11) is -3.51. The standard InChI is InChI=1S/C14H17N3O3S2/c1-10-13(18)17(14(21)15-10)11-5-4-6-12(9-11)22(19,20)16-7-2-3-8-16/h4-6,9-10H,2-3,7-8H2,1H3,(H,15,21). The highest BCUT2D eigenvalue weighted by Crippen LogP contribution is 2.26. The summed E-state index contributed by atoms with van der Waals surface area (Å²) >= 11 is 5.15. The van der Waals surface area contributed by atoms with Crippen LogP contribution in [0.25, 0.3) is 0 Å². The third-order valence-corrected chi connectivity index (χ3v) is 6.11. The number of carbonyl (C=O) groups excluding carboxylic acids is 1. The van der Waals surface area contributed by atoms with Crippen molar-refractivity contribution in [2.45, 2.75) is 30.7 Å². The number of hydrogen-bond acceptors (Lipinski definition) is 4. The Morgan fingerprint density at radius 1 is 1.27 bits per heavy atom. The van der Waals surface area contributed by atoms with Gasteiger partial charge < -0.3 is 5.32 Å². The summed E-state index contributed by atoms with van der Waals surface area (Å²) in [5.41, 5.74) is 0.479. The molecule has 118 valence electrons. The van der Waals surface area contributed by atoms with Crippen LogP contribution in [-0.4, -0.2) is 42.9 Å². The average Bonchev–Trinajstić information content (AvgIpc) is 3.09. The van der Waals surface area contributed by atoms with Gasteiger partial charge in [0.15, 0.2) is 5.11 Å². The van der Waals surface area contributed by atoms with Crippen LogP contribution in [0.1, 0.15) is 19.8 Å². The molecule has 0 aromatic heterocycles. The molecule has 1 amide bonds. The first-order chi connectivity index (χ1) is 10.4. The van der Waals surface area contributed by atoms with Crippen molar-refractivity contribution in [2.75, 3.05) is 18.0 Å². The van der Waals surface area contributed by atoms with E-state index in [0.29, 0.717) is 23.9 Å². The largest absolute Gasteiger partial charge is 0.350 e.